The molecular weight excluding hydrogens is 346 g/mol. The molecule has 0 radical (unpaired) electrons. The Morgan fingerprint density at radius 2 is 1.70 bits per heavy atom. The van der Waals surface area contributed by atoms with Gasteiger partial charge in [-0.3, -0.25) is 5.32 Å². The summed E-state index contributed by atoms with van der Waals surface area (Å²) in [5, 5.41) is 2.67. The highest BCUT2D eigenvalue weighted by atomic mass is 16.7. The Kier molecular flexibility index (Phi) is 4.78. The van der Waals surface area contributed by atoms with Crippen LogP contribution in [0.5, 0.6) is 23.0 Å². The average Bonchev–Trinajstić information content (AvgIpc) is 3.15. The van der Waals surface area contributed by atoms with E-state index >= 15 is 0 Å². The van der Waals surface area contributed by atoms with Crippen LogP contribution in [0.1, 0.15) is 5.56 Å². The lowest BCUT2D eigenvalue weighted by Crippen LogP contribution is -2.13. The van der Waals surface area contributed by atoms with E-state index in [2.05, 4.69) is 5.32 Å². The zero-order valence-corrected chi connectivity index (χ0v) is 14.4. The minimum Gasteiger partial charge on any atom is -0.457 e. The lowest BCUT2D eigenvalue weighted by Gasteiger charge is -2.09. The molecule has 0 aromatic heterocycles. The summed E-state index contributed by atoms with van der Waals surface area (Å²) in [6.07, 6.45) is -0.553. The highest BCUT2D eigenvalue weighted by molar-refractivity contribution is 5.85. The van der Waals surface area contributed by atoms with Gasteiger partial charge >= 0.3 is 6.09 Å². The second-order valence-electron chi connectivity index (χ2n) is 5.83. The molecule has 6 nitrogen and oxygen atoms in total. The van der Waals surface area contributed by atoms with Gasteiger partial charge in [-0.25, -0.2) is 4.79 Å². The van der Waals surface area contributed by atoms with E-state index in [1.165, 1.54) is 0 Å². The number of hydrogen-bond donors (Lipinski definition) is 1. The summed E-state index contributed by atoms with van der Waals surface area (Å²) in [5.74, 6) is 2.68. The van der Waals surface area contributed by atoms with Gasteiger partial charge in [-0.05, 0) is 42.0 Å². The van der Waals surface area contributed by atoms with Crippen LogP contribution >= 0.6 is 0 Å². The molecule has 6 heteroatoms. The molecule has 136 valence electrons. The third-order valence-corrected chi connectivity index (χ3v) is 3.87. The Morgan fingerprint density at radius 3 is 2.59 bits per heavy atom. The molecule has 0 atom stereocenters. The maximum Gasteiger partial charge on any atom is 0.411 e. The molecule has 0 unspecified atom stereocenters. The van der Waals surface area contributed by atoms with Gasteiger partial charge in [0, 0.05) is 11.8 Å². The van der Waals surface area contributed by atoms with Crippen molar-refractivity contribution in [3.63, 3.8) is 0 Å². The monoisotopic (exact) mass is 363 g/mol. The summed E-state index contributed by atoms with van der Waals surface area (Å²) in [6.45, 7) is 0.313. The molecule has 0 saturated carbocycles. The molecule has 1 aliphatic heterocycles. The van der Waals surface area contributed by atoms with E-state index in [9.17, 15) is 4.79 Å². The number of ether oxygens (including phenoxy) is 4. The quantitative estimate of drug-likeness (QED) is 0.694. The van der Waals surface area contributed by atoms with Gasteiger partial charge in [0.25, 0.3) is 0 Å². The van der Waals surface area contributed by atoms with Crippen LogP contribution < -0.4 is 19.5 Å². The van der Waals surface area contributed by atoms with Crippen molar-refractivity contribution in [2.45, 2.75) is 6.61 Å². The second-order valence-corrected chi connectivity index (χ2v) is 5.83. The number of carbonyl (C=O) groups excluding carboxylic acids is 1. The molecule has 0 aliphatic carbocycles. The van der Waals surface area contributed by atoms with Crippen LogP contribution in [0, 0.1) is 0 Å². The van der Waals surface area contributed by atoms with Gasteiger partial charge in [-0.2, -0.15) is 0 Å². The van der Waals surface area contributed by atoms with Gasteiger partial charge < -0.3 is 18.9 Å². The number of fused-ring (bicyclic) bond motifs is 1. The Morgan fingerprint density at radius 1 is 0.889 bits per heavy atom. The Balaban J connectivity index is 1.33. The van der Waals surface area contributed by atoms with Crippen LogP contribution in [-0.2, 0) is 11.3 Å². The number of para-hydroxylation sites is 1. The molecule has 0 saturated heterocycles. The summed E-state index contributed by atoms with van der Waals surface area (Å²) < 4.78 is 21.6. The van der Waals surface area contributed by atoms with Gasteiger partial charge in [0.2, 0.25) is 6.79 Å². The van der Waals surface area contributed by atoms with E-state index in [4.69, 9.17) is 18.9 Å². The Hall–Kier alpha value is -3.67. The maximum absolute atomic E-state index is 12.0. The minimum absolute atomic E-state index is 0.127. The average molecular weight is 363 g/mol. The van der Waals surface area contributed by atoms with Gasteiger partial charge in [-0.15, -0.1) is 0 Å². The first-order chi connectivity index (χ1) is 13.3. The molecule has 3 aromatic rings. The van der Waals surface area contributed by atoms with Crippen molar-refractivity contribution in [3.8, 4) is 23.0 Å². The van der Waals surface area contributed by atoms with E-state index in [1.807, 2.05) is 54.6 Å². The fraction of sp³-hybridized carbons (Fsp3) is 0.0952. The van der Waals surface area contributed by atoms with Crippen LogP contribution in [0.25, 0.3) is 0 Å². The van der Waals surface area contributed by atoms with Gasteiger partial charge in [-0.1, -0.05) is 30.3 Å². The van der Waals surface area contributed by atoms with E-state index < -0.39 is 6.09 Å². The predicted molar refractivity (Wildman–Crippen MR) is 99.3 cm³/mol. The number of nitrogens with one attached hydrogen (secondary N) is 1. The number of anilines is 1. The summed E-state index contributed by atoms with van der Waals surface area (Å²) in [6, 6.07) is 22.1. The first kappa shape index (κ1) is 16.8. The van der Waals surface area contributed by atoms with Crippen LogP contribution in [0.3, 0.4) is 0 Å². The number of hydrogen-bond acceptors (Lipinski definition) is 5. The van der Waals surface area contributed by atoms with Crippen LogP contribution in [0.2, 0.25) is 0 Å². The smallest absolute Gasteiger partial charge is 0.411 e. The van der Waals surface area contributed by atoms with Crippen LogP contribution in [-0.4, -0.2) is 12.9 Å². The van der Waals surface area contributed by atoms with Crippen molar-refractivity contribution in [2.75, 3.05) is 12.1 Å². The third-order valence-electron chi connectivity index (χ3n) is 3.87. The first-order valence-electron chi connectivity index (χ1n) is 8.41. The zero-order valence-electron chi connectivity index (χ0n) is 14.4. The summed E-state index contributed by atoms with van der Waals surface area (Å²) in [4.78, 5) is 12.0. The standard InChI is InChI=1S/C21H17NO5/c23-21(22-16-9-10-19-20(12-16)26-14-25-19)24-13-15-5-4-8-18(11-15)27-17-6-2-1-3-7-17/h1-12H,13-14H2,(H,22,23). The van der Waals surface area contributed by atoms with Crippen molar-refractivity contribution in [1.29, 1.82) is 0 Å². The summed E-state index contributed by atoms with van der Waals surface area (Å²) in [5.41, 5.74) is 1.40. The molecule has 1 N–H and O–H groups in total. The fourth-order valence-corrected chi connectivity index (χ4v) is 2.60. The topological polar surface area (TPSA) is 66.0 Å². The molecule has 1 heterocycles. The summed E-state index contributed by atoms with van der Waals surface area (Å²) in [7, 11) is 0. The first-order valence-corrected chi connectivity index (χ1v) is 8.41. The summed E-state index contributed by atoms with van der Waals surface area (Å²) >= 11 is 0. The largest absolute Gasteiger partial charge is 0.457 e. The molecule has 4 rings (SSSR count). The normalized spacial score (nSPS) is 11.7. The molecule has 0 spiro atoms. The van der Waals surface area contributed by atoms with Gasteiger partial charge in [0.15, 0.2) is 11.5 Å². The van der Waals surface area contributed by atoms with E-state index in [-0.39, 0.29) is 13.4 Å². The van der Waals surface area contributed by atoms with Crippen molar-refractivity contribution >= 4 is 11.8 Å². The predicted octanol–water partition coefficient (Wildman–Crippen LogP) is 4.96. The number of amides is 1. The lowest BCUT2D eigenvalue weighted by atomic mass is 10.2. The van der Waals surface area contributed by atoms with Crippen molar-refractivity contribution in [1.82, 2.24) is 0 Å². The highest BCUT2D eigenvalue weighted by Crippen LogP contribution is 2.34. The molecular formula is C21H17NO5. The lowest BCUT2D eigenvalue weighted by molar-refractivity contribution is 0.155. The molecule has 0 fully saturated rings. The minimum atomic E-state index is -0.553. The van der Waals surface area contributed by atoms with Gasteiger partial charge in [0.05, 0.1) is 0 Å². The third kappa shape index (κ3) is 4.30. The fourth-order valence-electron chi connectivity index (χ4n) is 2.60. The highest BCUT2D eigenvalue weighted by Gasteiger charge is 2.14. The molecule has 1 amide bonds. The zero-order chi connectivity index (χ0) is 18.5. The number of carbonyl (C=O) groups is 1. The van der Waals surface area contributed by atoms with Crippen molar-refractivity contribution < 1.29 is 23.7 Å². The number of benzene rings is 3. The molecule has 3 aromatic carbocycles. The number of rotatable bonds is 5. The van der Waals surface area contributed by atoms with Gasteiger partial charge in [0.1, 0.15) is 18.1 Å². The van der Waals surface area contributed by atoms with Crippen LogP contribution in [0.15, 0.2) is 72.8 Å². The SMILES string of the molecule is O=C(Nc1ccc2c(c1)OCO2)OCc1cccc(Oc2ccccc2)c1. The molecule has 0 bridgehead atoms. The van der Waals surface area contributed by atoms with E-state index in [1.54, 1.807) is 18.2 Å². The van der Waals surface area contributed by atoms with E-state index in [0.29, 0.717) is 22.9 Å². The second kappa shape index (κ2) is 7.70. The van der Waals surface area contributed by atoms with Crippen molar-refractivity contribution in [2.24, 2.45) is 0 Å². The Labute approximate surface area is 156 Å². The maximum atomic E-state index is 12.0. The van der Waals surface area contributed by atoms with E-state index in [0.717, 1.165) is 11.3 Å². The van der Waals surface area contributed by atoms with Crippen molar-refractivity contribution in [3.05, 3.63) is 78.4 Å². The molecule has 27 heavy (non-hydrogen) atoms. The van der Waals surface area contributed by atoms with Crippen LogP contribution in [0.4, 0.5) is 10.5 Å². The molecule has 1 aliphatic rings. The Bertz CT molecular complexity index is 942.